The molecule has 0 radical (unpaired) electrons. The maximum absolute atomic E-state index is 13.4. The van der Waals surface area contributed by atoms with Gasteiger partial charge in [-0.05, 0) is 32.0 Å². The van der Waals surface area contributed by atoms with Crippen molar-refractivity contribution in [2.24, 2.45) is 5.73 Å². The van der Waals surface area contributed by atoms with Gasteiger partial charge < -0.3 is 11.1 Å². The zero-order chi connectivity index (χ0) is 11.5. The first-order valence-corrected chi connectivity index (χ1v) is 4.65. The molecule has 0 aliphatic heterocycles. The number of rotatable bonds is 3. The van der Waals surface area contributed by atoms with E-state index in [-0.39, 0.29) is 0 Å². The first-order valence-electron chi connectivity index (χ1n) is 4.65. The summed E-state index contributed by atoms with van der Waals surface area (Å²) < 4.78 is 13.4. The second-order valence-corrected chi connectivity index (χ2v) is 4.15. The minimum Gasteiger partial charge on any atom is -0.381 e. The second kappa shape index (κ2) is 4.28. The van der Waals surface area contributed by atoms with Crippen LogP contribution in [0.1, 0.15) is 19.4 Å². The summed E-state index contributed by atoms with van der Waals surface area (Å²) in [4.78, 5) is 0. The minimum atomic E-state index is -0.432. The van der Waals surface area contributed by atoms with Crippen LogP contribution >= 0.6 is 0 Å². The van der Waals surface area contributed by atoms with E-state index < -0.39 is 11.4 Å². The standard InChI is InChI=1S/C11H14FN3/c1-11(2,14)7-15-10-4-3-8(6-13)5-9(10)12/h3-5,15H,7,14H2,1-2H3. The van der Waals surface area contributed by atoms with Crippen molar-refractivity contribution in [2.75, 3.05) is 11.9 Å². The highest BCUT2D eigenvalue weighted by Gasteiger charge is 2.11. The first-order chi connectivity index (χ1) is 6.92. The summed E-state index contributed by atoms with van der Waals surface area (Å²) in [6, 6.07) is 6.18. The largest absolute Gasteiger partial charge is 0.381 e. The van der Waals surface area contributed by atoms with Gasteiger partial charge >= 0.3 is 0 Å². The molecule has 4 heteroatoms. The molecule has 0 saturated carbocycles. The van der Waals surface area contributed by atoms with Crippen LogP contribution in [0.5, 0.6) is 0 Å². The van der Waals surface area contributed by atoms with Gasteiger partial charge in [0.25, 0.3) is 0 Å². The maximum atomic E-state index is 13.4. The van der Waals surface area contributed by atoms with Crippen LogP contribution in [0.2, 0.25) is 0 Å². The van der Waals surface area contributed by atoms with E-state index in [0.29, 0.717) is 17.8 Å². The van der Waals surface area contributed by atoms with Gasteiger partial charge in [-0.15, -0.1) is 0 Å². The number of nitrogens with one attached hydrogen (secondary N) is 1. The molecule has 0 aromatic heterocycles. The van der Waals surface area contributed by atoms with Gasteiger partial charge in [-0.1, -0.05) is 0 Å². The highest BCUT2D eigenvalue weighted by atomic mass is 19.1. The summed E-state index contributed by atoms with van der Waals surface area (Å²) in [6.07, 6.45) is 0. The number of hydrogen-bond acceptors (Lipinski definition) is 3. The van der Waals surface area contributed by atoms with Crippen molar-refractivity contribution in [1.29, 1.82) is 5.26 Å². The number of nitrogens with two attached hydrogens (primary N) is 1. The van der Waals surface area contributed by atoms with Gasteiger partial charge in [0, 0.05) is 12.1 Å². The second-order valence-electron chi connectivity index (χ2n) is 4.15. The molecule has 0 fully saturated rings. The third kappa shape index (κ3) is 3.56. The Bertz CT molecular complexity index is 388. The average Bonchev–Trinajstić information content (AvgIpc) is 2.14. The zero-order valence-corrected chi connectivity index (χ0v) is 8.84. The molecule has 0 amide bonds. The Kier molecular flexibility index (Phi) is 3.28. The van der Waals surface area contributed by atoms with E-state index >= 15 is 0 Å². The molecular formula is C11H14FN3. The summed E-state index contributed by atoms with van der Waals surface area (Å²) >= 11 is 0. The summed E-state index contributed by atoms with van der Waals surface area (Å²) in [5.74, 6) is -0.432. The molecule has 0 saturated heterocycles. The Labute approximate surface area is 88.7 Å². The van der Waals surface area contributed by atoms with E-state index in [1.54, 1.807) is 12.1 Å². The van der Waals surface area contributed by atoms with E-state index in [0.717, 1.165) is 0 Å². The summed E-state index contributed by atoms with van der Waals surface area (Å²) in [6.45, 7) is 4.17. The summed E-state index contributed by atoms with van der Waals surface area (Å²) in [7, 11) is 0. The van der Waals surface area contributed by atoms with E-state index in [1.165, 1.54) is 6.07 Å². The monoisotopic (exact) mass is 207 g/mol. The molecule has 15 heavy (non-hydrogen) atoms. The average molecular weight is 207 g/mol. The Balaban J connectivity index is 2.76. The number of halogens is 1. The van der Waals surface area contributed by atoms with Crippen molar-refractivity contribution in [1.82, 2.24) is 0 Å². The first kappa shape index (κ1) is 11.5. The topological polar surface area (TPSA) is 61.8 Å². The lowest BCUT2D eigenvalue weighted by Gasteiger charge is -2.20. The predicted molar refractivity (Wildman–Crippen MR) is 57.9 cm³/mol. The fourth-order valence-corrected chi connectivity index (χ4v) is 1.05. The zero-order valence-electron chi connectivity index (χ0n) is 8.84. The molecular weight excluding hydrogens is 193 g/mol. The molecule has 1 aromatic carbocycles. The molecule has 0 aliphatic rings. The van der Waals surface area contributed by atoms with Crippen LogP contribution in [0, 0.1) is 17.1 Å². The molecule has 0 unspecified atom stereocenters. The number of benzene rings is 1. The third-order valence-corrected chi connectivity index (χ3v) is 1.83. The van der Waals surface area contributed by atoms with Crippen molar-refractivity contribution < 1.29 is 4.39 Å². The van der Waals surface area contributed by atoms with Crippen LogP contribution in [0.3, 0.4) is 0 Å². The van der Waals surface area contributed by atoms with Crippen LogP contribution in [-0.2, 0) is 0 Å². The Morgan fingerprint density at radius 2 is 2.20 bits per heavy atom. The highest BCUT2D eigenvalue weighted by molar-refractivity contribution is 5.48. The SMILES string of the molecule is CC(C)(N)CNc1ccc(C#N)cc1F. The summed E-state index contributed by atoms with van der Waals surface area (Å²) in [5.41, 5.74) is 6.03. The maximum Gasteiger partial charge on any atom is 0.147 e. The highest BCUT2D eigenvalue weighted by Crippen LogP contribution is 2.15. The van der Waals surface area contributed by atoms with Crippen molar-refractivity contribution in [3.63, 3.8) is 0 Å². The molecule has 0 bridgehead atoms. The number of nitrogens with zero attached hydrogens (tertiary/aromatic N) is 1. The fourth-order valence-electron chi connectivity index (χ4n) is 1.05. The van der Waals surface area contributed by atoms with Crippen LogP contribution < -0.4 is 11.1 Å². The fraction of sp³-hybridized carbons (Fsp3) is 0.364. The van der Waals surface area contributed by atoms with Crippen LogP contribution in [0.15, 0.2) is 18.2 Å². The van der Waals surface area contributed by atoms with Gasteiger partial charge in [0.2, 0.25) is 0 Å². The predicted octanol–water partition coefficient (Wildman–Crippen LogP) is 1.85. The van der Waals surface area contributed by atoms with Gasteiger partial charge in [-0.25, -0.2) is 4.39 Å². The van der Waals surface area contributed by atoms with Gasteiger partial charge in [0.1, 0.15) is 5.82 Å². The van der Waals surface area contributed by atoms with Crippen molar-refractivity contribution in [3.8, 4) is 6.07 Å². The smallest absolute Gasteiger partial charge is 0.147 e. The number of nitriles is 1. The van der Waals surface area contributed by atoms with Crippen molar-refractivity contribution in [3.05, 3.63) is 29.6 Å². The van der Waals surface area contributed by atoms with Gasteiger partial charge in [0.05, 0.1) is 17.3 Å². The Morgan fingerprint density at radius 1 is 1.53 bits per heavy atom. The van der Waals surface area contributed by atoms with Crippen molar-refractivity contribution >= 4 is 5.69 Å². The van der Waals surface area contributed by atoms with E-state index in [9.17, 15) is 4.39 Å². The van der Waals surface area contributed by atoms with Crippen LogP contribution in [0.25, 0.3) is 0 Å². The van der Waals surface area contributed by atoms with E-state index in [4.69, 9.17) is 11.0 Å². The molecule has 0 spiro atoms. The molecule has 3 nitrogen and oxygen atoms in total. The van der Waals surface area contributed by atoms with E-state index in [2.05, 4.69) is 5.32 Å². The molecule has 0 atom stereocenters. The summed E-state index contributed by atoms with van der Waals surface area (Å²) in [5, 5.41) is 11.4. The normalized spacial score (nSPS) is 10.9. The number of hydrogen-bond donors (Lipinski definition) is 2. The van der Waals surface area contributed by atoms with Gasteiger partial charge in [-0.2, -0.15) is 5.26 Å². The van der Waals surface area contributed by atoms with E-state index in [1.807, 2.05) is 19.9 Å². The lowest BCUT2D eigenvalue weighted by molar-refractivity contribution is 0.546. The quantitative estimate of drug-likeness (QED) is 0.795. The minimum absolute atomic E-state index is 0.310. The molecule has 0 heterocycles. The Hall–Kier alpha value is -1.60. The van der Waals surface area contributed by atoms with Crippen LogP contribution in [-0.4, -0.2) is 12.1 Å². The van der Waals surface area contributed by atoms with Crippen LogP contribution in [0.4, 0.5) is 10.1 Å². The molecule has 1 rings (SSSR count). The molecule has 0 aliphatic carbocycles. The third-order valence-electron chi connectivity index (χ3n) is 1.83. The molecule has 3 N–H and O–H groups in total. The number of anilines is 1. The molecule has 80 valence electrons. The van der Waals surface area contributed by atoms with Gasteiger partial charge in [0.15, 0.2) is 0 Å². The molecule has 1 aromatic rings. The Morgan fingerprint density at radius 3 is 2.67 bits per heavy atom. The van der Waals surface area contributed by atoms with Crippen molar-refractivity contribution in [2.45, 2.75) is 19.4 Å². The lowest BCUT2D eigenvalue weighted by atomic mass is 10.1. The van der Waals surface area contributed by atoms with Gasteiger partial charge in [-0.3, -0.25) is 0 Å². The lowest BCUT2D eigenvalue weighted by Crippen LogP contribution is -2.39.